The van der Waals surface area contributed by atoms with E-state index in [0.717, 1.165) is 6.07 Å². The zero-order valence-electron chi connectivity index (χ0n) is 9.51. The minimum atomic E-state index is -1.07. The van der Waals surface area contributed by atoms with E-state index in [2.05, 4.69) is 5.16 Å². The van der Waals surface area contributed by atoms with Crippen LogP contribution in [0.5, 0.6) is 0 Å². The van der Waals surface area contributed by atoms with Gasteiger partial charge in [-0.1, -0.05) is 5.16 Å². The summed E-state index contributed by atoms with van der Waals surface area (Å²) in [5, 5.41) is 12.6. The van der Waals surface area contributed by atoms with E-state index in [4.69, 9.17) is 9.63 Å². The number of aromatic carboxylic acids is 1. The average molecular weight is 267 g/mol. The molecule has 0 unspecified atom stereocenters. The van der Waals surface area contributed by atoms with E-state index in [9.17, 15) is 9.18 Å². The van der Waals surface area contributed by atoms with E-state index in [1.54, 1.807) is 13.0 Å². The molecule has 0 spiro atoms. The van der Waals surface area contributed by atoms with Crippen LogP contribution in [0.25, 0.3) is 0 Å². The molecule has 0 radical (unpaired) electrons. The molecule has 6 heteroatoms. The zero-order valence-corrected chi connectivity index (χ0v) is 10.3. The van der Waals surface area contributed by atoms with Crippen LogP contribution in [0, 0.1) is 12.7 Å². The van der Waals surface area contributed by atoms with Crippen LogP contribution in [-0.2, 0) is 5.75 Å². The largest absolute Gasteiger partial charge is 0.478 e. The number of benzene rings is 1. The number of halogens is 1. The van der Waals surface area contributed by atoms with Gasteiger partial charge in [0.05, 0.1) is 11.3 Å². The van der Waals surface area contributed by atoms with Gasteiger partial charge in [-0.25, -0.2) is 9.18 Å². The number of hydrogen-bond acceptors (Lipinski definition) is 4. The average Bonchev–Trinajstić information content (AvgIpc) is 2.74. The number of hydrogen-bond donors (Lipinski definition) is 1. The molecular formula is C12H10FNO3S. The number of aromatic nitrogens is 1. The fourth-order valence-electron chi connectivity index (χ4n) is 1.38. The summed E-state index contributed by atoms with van der Waals surface area (Å²) in [6.07, 6.45) is 0. The molecule has 1 heterocycles. The predicted octanol–water partition coefficient (Wildman–Crippen LogP) is 3.11. The van der Waals surface area contributed by atoms with Crippen LogP contribution in [0.1, 0.15) is 21.8 Å². The molecule has 0 aliphatic carbocycles. The van der Waals surface area contributed by atoms with Gasteiger partial charge in [0.25, 0.3) is 0 Å². The maximum atomic E-state index is 13.5. The van der Waals surface area contributed by atoms with E-state index in [1.165, 1.54) is 23.9 Å². The topological polar surface area (TPSA) is 63.3 Å². The van der Waals surface area contributed by atoms with E-state index in [-0.39, 0.29) is 10.5 Å². The van der Waals surface area contributed by atoms with Crippen LogP contribution in [0.3, 0.4) is 0 Å². The van der Waals surface area contributed by atoms with Crippen molar-refractivity contribution in [2.24, 2.45) is 0 Å². The van der Waals surface area contributed by atoms with E-state index < -0.39 is 11.8 Å². The fourth-order valence-corrected chi connectivity index (χ4v) is 2.24. The van der Waals surface area contributed by atoms with E-state index >= 15 is 0 Å². The molecule has 0 saturated heterocycles. The van der Waals surface area contributed by atoms with Gasteiger partial charge in [-0.3, -0.25) is 0 Å². The molecule has 1 aromatic carbocycles. The molecule has 1 N–H and O–H groups in total. The van der Waals surface area contributed by atoms with Crippen molar-refractivity contribution in [1.82, 2.24) is 5.16 Å². The molecule has 0 fully saturated rings. The molecule has 4 nitrogen and oxygen atoms in total. The van der Waals surface area contributed by atoms with E-state index in [1.807, 2.05) is 0 Å². The van der Waals surface area contributed by atoms with Gasteiger partial charge in [-0.15, -0.1) is 11.8 Å². The molecular weight excluding hydrogens is 257 g/mol. The van der Waals surface area contributed by atoms with Gasteiger partial charge in [0.2, 0.25) is 0 Å². The lowest BCUT2D eigenvalue weighted by Crippen LogP contribution is -1.97. The summed E-state index contributed by atoms with van der Waals surface area (Å²) in [6, 6.07) is 5.46. The lowest BCUT2D eigenvalue weighted by Gasteiger charge is -2.02. The van der Waals surface area contributed by atoms with Gasteiger partial charge in [-0.2, -0.15) is 0 Å². The number of aryl methyl sites for hydroxylation is 1. The first-order chi connectivity index (χ1) is 8.56. The van der Waals surface area contributed by atoms with Gasteiger partial charge in [0, 0.05) is 16.7 Å². The molecule has 0 saturated carbocycles. The first-order valence-corrected chi connectivity index (χ1v) is 6.12. The van der Waals surface area contributed by atoms with Crippen LogP contribution >= 0.6 is 11.8 Å². The van der Waals surface area contributed by atoms with Gasteiger partial charge in [0.1, 0.15) is 11.6 Å². The van der Waals surface area contributed by atoms with Crippen LogP contribution in [0.2, 0.25) is 0 Å². The highest BCUT2D eigenvalue weighted by Gasteiger charge is 2.10. The number of carboxylic acids is 1. The van der Waals surface area contributed by atoms with E-state index in [0.29, 0.717) is 17.2 Å². The Balaban J connectivity index is 2.13. The van der Waals surface area contributed by atoms with Crippen molar-refractivity contribution in [1.29, 1.82) is 0 Å². The first-order valence-electron chi connectivity index (χ1n) is 5.14. The molecule has 0 atom stereocenters. The highest BCUT2D eigenvalue weighted by atomic mass is 32.2. The van der Waals surface area contributed by atoms with Crippen molar-refractivity contribution in [2.45, 2.75) is 17.6 Å². The number of thioether (sulfide) groups is 1. The third-order valence-corrected chi connectivity index (χ3v) is 3.29. The fraction of sp³-hybridized carbons (Fsp3) is 0.167. The third kappa shape index (κ3) is 2.89. The van der Waals surface area contributed by atoms with Crippen LogP contribution in [0.15, 0.2) is 33.7 Å². The molecule has 1 aromatic heterocycles. The van der Waals surface area contributed by atoms with Crippen LogP contribution in [0.4, 0.5) is 4.39 Å². The number of rotatable bonds is 4. The maximum Gasteiger partial charge on any atom is 0.335 e. The van der Waals surface area contributed by atoms with Gasteiger partial charge < -0.3 is 9.63 Å². The summed E-state index contributed by atoms with van der Waals surface area (Å²) in [5.41, 5.74) is 0.757. The lowest BCUT2D eigenvalue weighted by atomic mass is 10.2. The second-order valence-corrected chi connectivity index (χ2v) is 4.69. The number of carbonyl (C=O) groups is 1. The predicted molar refractivity (Wildman–Crippen MR) is 64.2 cm³/mol. The Morgan fingerprint density at radius 3 is 2.89 bits per heavy atom. The zero-order chi connectivity index (χ0) is 13.1. The minimum Gasteiger partial charge on any atom is -0.478 e. The molecule has 0 aliphatic rings. The molecule has 94 valence electrons. The number of carboxylic acid groups (broad SMARTS) is 1. The normalized spacial score (nSPS) is 10.6. The Morgan fingerprint density at radius 2 is 2.28 bits per heavy atom. The summed E-state index contributed by atoms with van der Waals surface area (Å²) >= 11 is 1.18. The summed E-state index contributed by atoms with van der Waals surface area (Å²) in [4.78, 5) is 11.1. The van der Waals surface area contributed by atoms with Gasteiger partial charge in [0.15, 0.2) is 0 Å². The Hall–Kier alpha value is -1.82. The molecule has 2 rings (SSSR count). The van der Waals surface area contributed by atoms with Crippen molar-refractivity contribution in [2.75, 3.05) is 0 Å². The Labute approximate surface area is 107 Å². The number of nitrogens with zero attached hydrogens (tertiary/aromatic N) is 1. The minimum absolute atomic E-state index is 0.0650. The summed E-state index contributed by atoms with van der Waals surface area (Å²) in [6.45, 7) is 1.77. The highest BCUT2D eigenvalue weighted by Crippen LogP contribution is 2.26. The smallest absolute Gasteiger partial charge is 0.335 e. The third-order valence-electron chi connectivity index (χ3n) is 2.23. The van der Waals surface area contributed by atoms with Crippen molar-refractivity contribution in [3.8, 4) is 0 Å². The van der Waals surface area contributed by atoms with Crippen molar-refractivity contribution < 1.29 is 18.8 Å². The van der Waals surface area contributed by atoms with Gasteiger partial charge in [-0.05, 0) is 25.1 Å². The molecule has 2 aromatic rings. The highest BCUT2D eigenvalue weighted by molar-refractivity contribution is 7.98. The van der Waals surface area contributed by atoms with Crippen molar-refractivity contribution in [3.05, 3.63) is 47.1 Å². The molecule has 0 bridgehead atoms. The van der Waals surface area contributed by atoms with Crippen LogP contribution in [-0.4, -0.2) is 16.2 Å². The monoisotopic (exact) mass is 267 g/mol. The van der Waals surface area contributed by atoms with Crippen molar-refractivity contribution >= 4 is 17.7 Å². The standard InChI is InChI=1S/C12H10FNO3S/c1-7-4-9(14-17-7)6-18-11-5-8(12(15)16)2-3-10(11)13/h2-5H,6H2,1H3,(H,15,16). The summed E-state index contributed by atoms with van der Waals surface area (Å²) < 4.78 is 18.4. The lowest BCUT2D eigenvalue weighted by molar-refractivity contribution is 0.0696. The summed E-state index contributed by atoms with van der Waals surface area (Å²) in [7, 11) is 0. The maximum absolute atomic E-state index is 13.5. The van der Waals surface area contributed by atoms with Gasteiger partial charge >= 0.3 is 5.97 Å². The summed E-state index contributed by atoms with van der Waals surface area (Å²) in [5.74, 6) is -0.401. The van der Waals surface area contributed by atoms with Crippen molar-refractivity contribution in [3.63, 3.8) is 0 Å². The molecule has 0 amide bonds. The molecule has 18 heavy (non-hydrogen) atoms. The Bertz CT molecular complexity index is 582. The SMILES string of the molecule is Cc1cc(CSc2cc(C(=O)O)ccc2F)no1. The quantitative estimate of drug-likeness (QED) is 0.862. The second kappa shape index (κ2) is 5.22. The molecule has 0 aliphatic heterocycles. The van der Waals surface area contributed by atoms with Crippen LogP contribution < -0.4 is 0 Å². The Kier molecular flexibility index (Phi) is 3.66. The Morgan fingerprint density at radius 1 is 1.50 bits per heavy atom. The first kappa shape index (κ1) is 12.6. The second-order valence-electron chi connectivity index (χ2n) is 3.67.